The van der Waals surface area contributed by atoms with E-state index in [2.05, 4.69) is 47.3 Å². The minimum atomic E-state index is -0.395. The Morgan fingerprint density at radius 1 is 1.10 bits per heavy atom. The van der Waals surface area contributed by atoms with Crippen LogP contribution in [0.5, 0.6) is 5.75 Å². The normalized spacial score (nSPS) is 10.9. The maximum absolute atomic E-state index is 12.3. The zero-order valence-electron chi connectivity index (χ0n) is 17.3. The van der Waals surface area contributed by atoms with E-state index in [-0.39, 0.29) is 30.5 Å². The van der Waals surface area contributed by atoms with Gasteiger partial charge in [-0.2, -0.15) is 0 Å². The van der Waals surface area contributed by atoms with E-state index in [1.807, 2.05) is 12.1 Å². The van der Waals surface area contributed by atoms with E-state index in [0.717, 1.165) is 46.6 Å². The number of hydrogen-bond acceptors (Lipinski definition) is 6. The van der Waals surface area contributed by atoms with E-state index in [4.69, 9.17) is 21.9 Å². The van der Waals surface area contributed by atoms with E-state index < -0.39 is 5.91 Å². The van der Waals surface area contributed by atoms with Crippen molar-refractivity contribution in [2.75, 3.05) is 26.2 Å². The Labute approximate surface area is 205 Å². The van der Waals surface area contributed by atoms with Crippen LogP contribution in [0.2, 0.25) is 0 Å². The first-order valence-corrected chi connectivity index (χ1v) is 11.3. The molecule has 0 heterocycles. The molecule has 0 spiro atoms. The third-order valence-corrected chi connectivity index (χ3v) is 5.25. The molecule has 12 heteroatoms. The molecule has 0 aliphatic carbocycles. The molecule has 0 aromatic heterocycles. The smallest absolute Gasteiger partial charge is 0.269 e. The zero-order valence-corrected chi connectivity index (χ0v) is 21.3. The van der Waals surface area contributed by atoms with Gasteiger partial charge in [0.1, 0.15) is 11.5 Å². The quantitative estimate of drug-likeness (QED) is 0.0740. The van der Waals surface area contributed by atoms with Crippen molar-refractivity contribution in [1.82, 2.24) is 5.32 Å². The van der Waals surface area contributed by atoms with Gasteiger partial charge in [-0.1, -0.05) is 18.0 Å². The number of nitrogens with zero attached hydrogens (tertiary/aromatic N) is 2. The number of amides is 1. The summed E-state index contributed by atoms with van der Waals surface area (Å²) in [6.45, 7) is 2.17. The molecule has 0 saturated carbocycles. The fraction of sp³-hybridized carbons (Fsp3) is 0.526. The van der Waals surface area contributed by atoms with E-state index in [0.29, 0.717) is 32.0 Å². The number of halogens is 3. The van der Waals surface area contributed by atoms with Crippen molar-refractivity contribution in [2.24, 2.45) is 27.3 Å². The van der Waals surface area contributed by atoms with Crippen LogP contribution in [-0.2, 0) is 11.2 Å². The predicted octanol–water partition coefficient (Wildman–Crippen LogP) is 2.68. The molecule has 31 heavy (non-hydrogen) atoms. The number of ether oxygens (including phenoxy) is 1. The number of rotatable bonds is 14. The molecule has 9 nitrogen and oxygen atoms in total. The molecule has 1 rings (SSSR count). The fourth-order valence-electron chi connectivity index (χ4n) is 2.57. The minimum absolute atomic E-state index is 0. The van der Waals surface area contributed by atoms with Gasteiger partial charge in [-0.25, -0.2) is 0 Å². The highest BCUT2D eigenvalue weighted by atomic mass is 79.9. The first-order chi connectivity index (χ1) is 14.4. The Hall–Kier alpha value is -1.56. The predicted molar refractivity (Wildman–Crippen MR) is 133 cm³/mol. The third kappa shape index (κ3) is 12.2. The SMILES string of the molecule is Cl.NCCCOc1c(Br)cc(C/C(=N\O)C(=O)NCCCCCCN=C(N)N)cc1Br. The largest absolute Gasteiger partial charge is 0.491 e. The van der Waals surface area contributed by atoms with Gasteiger partial charge < -0.3 is 32.5 Å². The molecule has 0 aliphatic heterocycles. The van der Waals surface area contributed by atoms with Gasteiger partial charge in [-0.3, -0.25) is 9.79 Å². The molecule has 0 saturated heterocycles. The standard InChI is InChI=1S/C19H30Br2N6O3.ClH/c20-14-10-13(11-15(21)17(14)30-9-5-6-22)12-16(27-29)18(28)25-7-3-1-2-4-8-26-19(23)24;/h10-11,29H,1-9,12,22H2,(H,25,28)(H4,23,24,26);1H/b27-16+;. The van der Waals surface area contributed by atoms with Crippen molar-refractivity contribution in [1.29, 1.82) is 0 Å². The number of nitrogens with one attached hydrogen (secondary N) is 1. The summed E-state index contributed by atoms with van der Waals surface area (Å²) in [5.74, 6) is 0.374. The molecule has 1 aromatic carbocycles. The Balaban J connectivity index is 0.00000900. The van der Waals surface area contributed by atoms with Crippen LogP contribution < -0.4 is 27.3 Å². The average molecular weight is 587 g/mol. The summed E-state index contributed by atoms with van der Waals surface area (Å²) in [5, 5.41) is 15.2. The van der Waals surface area contributed by atoms with Crippen LogP contribution in [-0.4, -0.2) is 49.0 Å². The average Bonchev–Trinajstić information content (AvgIpc) is 2.69. The summed E-state index contributed by atoms with van der Waals surface area (Å²) in [6.07, 6.45) is 4.55. The highest BCUT2D eigenvalue weighted by Crippen LogP contribution is 2.35. The molecule has 1 aromatic rings. The fourth-order valence-corrected chi connectivity index (χ4v) is 4.08. The Kier molecular flexibility index (Phi) is 16.2. The van der Waals surface area contributed by atoms with Gasteiger partial charge in [0.15, 0.2) is 5.96 Å². The van der Waals surface area contributed by atoms with Gasteiger partial charge in [-0.15, -0.1) is 12.4 Å². The second-order valence-corrected chi connectivity index (χ2v) is 8.29. The summed E-state index contributed by atoms with van der Waals surface area (Å²) in [6, 6.07) is 3.66. The van der Waals surface area contributed by atoms with Gasteiger partial charge in [-0.05, 0) is 75.4 Å². The number of benzene rings is 1. The van der Waals surface area contributed by atoms with E-state index in [1.165, 1.54) is 0 Å². The van der Waals surface area contributed by atoms with Crippen molar-refractivity contribution in [3.63, 3.8) is 0 Å². The maximum Gasteiger partial charge on any atom is 0.269 e. The summed E-state index contributed by atoms with van der Waals surface area (Å²) in [7, 11) is 0. The lowest BCUT2D eigenvalue weighted by Gasteiger charge is -2.12. The van der Waals surface area contributed by atoms with Crippen LogP contribution in [0.3, 0.4) is 0 Å². The zero-order chi connectivity index (χ0) is 22.4. The molecule has 0 unspecified atom stereocenters. The van der Waals surface area contributed by atoms with Crippen molar-refractivity contribution in [2.45, 2.75) is 38.5 Å². The maximum atomic E-state index is 12.3. The summed E-state index contributed by atoms with van der Waals surface area (Å²) in [5.41, 5.74) is 16.8. The molecule has 0 atom stereocenters. The van der Waals surface area contributed by atoms with Crippen LogP contribution in [0, 0.1) is 0 Å². The van der Waals surface area contributed by atoms with Crippen LogP contribution in [0.1, 0.15) is 37.7 Å². The lowest BCUT2D eigenvalue weighted by Crippen LogP contribution is -2.33. The van der Waals surface area contributed by atoms with Crippen molar-refractivity contribution < 1.29 is 14.7 Å². The number of oxime groups is 1. The summed E-state index contributed by atoms with van der Waals surface area (Å²) < 4.78 is 7.18. The molecular weight excluding hydrogens is 556 g/mol. The van der Waals surface area contributed by atoms with Crippen LogP contribution in [0.15, 0.2) is 31.2 Å². The highest BCUT2D eigenvalue weighted by molar-refractivity contribution is 9.11. The number of unbranched alkanes of at least 4 members (excludes halogenated alkanes) is 3. The number of hydrogen-bond donors (Lipinski definition) is 5. The Bertz CT molecular complexity index is 722. The lowest BCUT2D eigenvalue weighted by molar-refractivity contribution is -0.115. The molecular formula is C19H31Br2ClN6O3. The molecule has 0 aliphatic rings. The molecule has 0 radical (unpaired) electrons. The van der Waals surface area contributed by atoms with Crippen molar-refractivity contribution in [3.05, 3.63) is 26.6 Å². The molecule has 176 valence electrons. The van der Waals surface area contributed by atoms with Crippen LogP contribution in [0.25, 0.3) is 0 Å². The highest BCUT2D eigenvalue weighted by Gasteiger charge is 2.15. The van der Waals surface area contributed by atoms with E-state index >= 15 is 0 Å². The number of guanidine groups is 1. The van der Waals surface area contributed by atoms with E-state index in [1.54, 1.807) is 0 Å². The second kappa shape index (κ2) is 17.0. The molecule has 0 fully saturated rings. The van der Waals surface area contributed by atoms with Gasteiger partial charge in [0.25, 0.3) is 5.91 Å². The molecule has 8 N–H and O–H groups in total. The lowest BCUT2D eigenvalue weighted by atomic mass is 10.1. The van der Waals surface area contributed by atoms with Crippen LogP contribution in [0.4, 0.5) is 0 Å². The Morgan fingerprint density at radius 3 is 2.32 bits per heavy atom. The number of carbonyl (C=O) groups excluding carboxylic acids is 1. The number of carbonyl (C=O) groups is 1. The Morgan fingerprint density at radius 2 is 1.74 bits per heavy atom. The first-order valence-electron chi connectivity index (χ1n) is 9.74. The van der Waals surface area contributed by atoms with Crippen molar-refractivity contribution >= 4 is 61.8 Å². The molecule has 0 bridgehead atoms. The summed E-state index contributed by atoms with van der Waals surface area (Å²) in [4.78, 5) is 16.2. The topological polar surface area (TPSA) is 161 Å². The van der Waals surface area contributed by atoms with Crippen molar-refractivity contribution in [3.8, 4) is 5.75 Å². The van der Waals surface area contributed by atoms with Gasteiger partial charge in [0.2, 0.25) is 0 Å². The van der Waals surface area contributed by atoms with Gasteiger partial charge in [0, 0.05) is 19.5 Å². The number of nitrogens with two attached hydrogens (primary N) is 3. The molecule has 1 amide bonds. The third-order valence-electron chi connectivity index (χ3n) is 4.07. The van der Waals surface area contributed by atoms with E-state index in [9.17, 15) is 10.0 Å². The van der Waals surface area contributed by atoms with Gasteiger partial charge in [0.05, 0.1) is 15.6 Å². The monoisotopic (exact) mass is 584 g/mol. The first kappa shape index (κ1) is 29.4. The minimum Gasteiger partial charge on any atom is -0.491 e. The van der Waals surface area contributed by atoms with Gasteiger partial charge >= 0.3 is 0 Å². The summed E-state index contributed by atoms with van der Waals surface area (Å²) >= 11 is 6.95. The second-order valence-electron chi connectivity index (χ2n) is 6.58. The number of aliphatic imine (C=N–C) groups is 1. The van der Waals surface area contributed by atoms with Crippen LogP contribution >= 0.6 is 44.3 Å².